The number of hydrogen-bond acceptors (Lipinski definition) is 4. The van der Waals surface area contributed by atoms with E-state index < -0.39 is 0 Å². The summed E-state index contributed by atoms with van der Waals surface area (Å²) in [6, 6.07) is 19.5. The second-order valence-corrected chi connectivity index (χ2v) is 6.14. The summed E-state index contributed by atoms with van der Waals surface area (Å²) in [5.74, 6) is 1.12. The van der Waals surface area contributed by atoms with Crippen LogP contribution in [0.3, 0.4) is 0 Å². The first kappa shape index (κ1) is 16.7. The van der Waals surface area contributed by atoms with Crippen molar-refractivity contribution in [2.24, 2.45) is 0 Å². The summed E-state index contributed by atoms with van der Waals surface area (Å²) >= 11 is 0. The molecule has 4 aromatic rings. The van der Waals surface area contributed by atoms with Gasteiger partial charge in [-0.05, 0) is 42.5 Å². The molecule has 27 heavy (non-hydrogen) atoms. The van der Waals surface area contributed by atoms with Crippen molar-refractivity contribution >= 4 is 5.82 Å². The molecule has 0 aliphatic heterocycles. The van der Waals surface area contributed by atoms with E-state index in [1.807, 2.05) is 65.3 Å². The molecule has 2 heterocycles. The van der Waals surface area contributed by atoms with Crippen LogP contribution in [0.2, 0.25) is 0 Å². The van der Waals surface area contributed by atoms with Crippen LogP contribution in [-0.4, -0.2) is 27.1 Å². The Bertz CT molecular complexity index is 1110. The van der Waals surface area contributed by atoms with E-state index in [4.69, 9.17) is 15.6 Å². The lowest BCUT2D eigenvalue weighted by molar-refractivity contribution is 0.415. The summed E-state index contributed by atoms with van der Waals surface area (Å²) in [6.45, 7) is 0. The van der Waals surface area contributed by atoms with Gasteiger partial charge in [-0.1, -0.05) is 18.2 Å². The van der Waals surface area contributed by atoms with Gasteiger partial charge in [0.15, 0.2) is 0 Å². The Morgan fingerprint density at radius 2 is 1.81 bits per heavy atom. The zero-order chi connectivity index (χ0) is 18.8. The molecule has 0 aliphatic rings. The van der Waals surface area contributed by atoms with Crippen LogP contribution in [0.25, 0.3) is 16.9 Å². The molecular formula is C20H19N5O2. The third-order valence-electron chi connectivity index (χ3n) is 4.44. The van der Waals surface area contributed by atoms with Gasteiger partial charge in [-0.25, -0.2) is 4.68 Å². The number of hydrogen-bond donors (Lipinski definition) is 3. The second kappa shape index (κ2) is 6.87. The SMILES string of the molecule is COc1ccc(-c2cc(Cc3c(N)[nH][nH]c3=O)n(-c3ccccc3)n2)cc1. The summed E-state index contributed by atoms with van der Waals surface area (Å²) in [7, 11) is 1.63. The molecule has 0 radical (unpaired) electrons. The number of para-hydroxylation sites is 1. The van der Waals surface area contributed by atoms with Gasteiger partial charge in [0.25, 0.3) is 5.56 Å². The zero-order valence-electron chi connectivity index (χ0n) is 14.8. The maximum Gasteiger partial charge on any atom is 0.269 e. The molecule has 0 bridgehead atoms. The van der Waals surface area contributed by atoms with E-state index in [0.717, 1.165) is 28.4 Å². The number of nitrogens with one attached hydrogen (secondary N) is 2. The van der Waals surface area contributed by atoms with Gasteiger partial charge in [0.05, 0.1) is 24.1 Å². The van der Waals surface area contributed by atoms with E-state index in [1.165, 1.54) is 0 Å². The van der Waals surface area contributed by atoms with Crippen LogP contribution in [0.15, 0.2) is 65.5 Å². The molecule has 2 aromatic carbocycles. The first-order chi connectivity index (χ1) is 13.2. The molecule has 0 amide bonds. The average Bonchev–Trinajstić information content (AvgIpc) is 3.27. The van der Waals surface area contributed by atoms with Crippen molar-refractivity contribution in [3.05, 3.63) is 82.3 Å². The monoisotopic (exact) mass is 361 g/mol. The average molecular weight is 361 g/mol. The normalized spacial score (nSPS) is 10.9. The Balaban J connectivity index is 1.80. The Hall–Kier alpha value is -3.74. The van der Waals surface area contributed by atoms with Gasteiger partial charge in [0, 0.05) is 17.7 Å². The van der Waals surface area contributed by atoms with Crippen LogP contribution in [0.1, 0.15) is 11.3 Å². The largest absolute Gasteiger partial charge is 0.497 e. The van der Waals surface area contributed by atoms with E-state index >= 15 is 0 Å². The minimum atomic E-state index is -0.223. The maximum atomic E-state index is 12.0. The molecule has 0 fully saturated rings. The number of methoxy groups -OCH3 is 1. The van der Waals surface area contributed by atoms with Gasteiger partial charge in [-0.15, -0.1) is 0 Å². The number of aromatic amines is 2. The van der Waals surface area contributed by atoms with E-state index in [1.54, 1.807) is 7.11 Å². The molecule has 4 N–H and O–H groups in total. The van der Waals surface area contributed by atoms with Crippen molar-refractivity contribution in [1.29, 1.82) is 0 Å². The van der Waals surface area contributed by atoms with Crippen molar-refractivity contribution in [1.82, 2.24) is 20.0 Å². The standard InChI is InChI=1S/C20H19N5O2/c1-27-16-9-7-13(8-10-16)18-12-15(11-17-19(21)22-23-20(17)26)25(24-18)14-5-3-2-4-6-14/h2-10,12H,11H2,1H3,(H4,21,22,23,26). The van der Waals surface area contributed by atoms with Crippen molar-refractivity contribution < 1.29 is 4.74 Å². The van der Waals surface area contributed by atoms with Crippen LogP contribution in [0.5, 0.6) is 5.75 Å². The number of ether oxygens (including phenoxy) is 1. The van der Waals surface area contributed by atoms with Crippen LogP contribution in [-0.2, 0) is 6.42 Å². The molecule has 7 heteroatoms. The Morgan fingerprint density at radius 3 is 2.44 bits per heavy atom. The van der Waals surface area contributed by atoms with Crippen molar-refractivity contribution in [2.45, 2.75) is 6.42 Å². The Kier molecular flexibility index (Phi) is 4.25. The topological polar surface area (TPSA) is 102 Å². The number of nitrogens with zero attached hydrogens (tertiary/aromatic N) is 2. The summed E-state index contributed by atoms with van der Waals surface area (Å²) in [5, 5.41) is 9.94. The van der Waals surface area contributed by atoms with Gasteiger partial charge in [0.2, 0.25) is 0 Å². The fourth-order valence-electron chi connectivity index (χ4n) is 3.00. The van der Waals surface area contributed by atoms with E-state index in [-0.39, 0.29) is 5.56 Å². The van der Waals surface area contributed by atoms with Crippen LogP contribution >= 0.6 is 0 Å². The molecule has 2 aromatic heterocycles. The number of nitrogens with two attached hydrogens (primary N) is 1. The fraction of sp³-hybridized carbons (Fsp3) is 0.100. The number of rotatable bonds is 5. The van der Waals surface area contributed by atoms with Gasteiger partial charge >= 0.3 is 0 Å². The summed E-state index contributed by atoms with van der Waals surface area (Å²) in [4.78, 5) is 12.0. The van der Waals surface area contributed by atoms with Gasteiger partial charge in [-0.2, -0.15) is 5.10 Å². The number of nitrogen functional groups attached to an aromatic ring is 1. The smallest absolute Gasteiger partial charge is 0.269 e. The van der Waals surface area contributed by atoms with Crippen LogP contribution in [0, 0.1) is 0 Å². The highest BCUT2D eigenvalue weighted by Crippen LogP contribution is 2.25. The van der Waals surface area contributed by atoms with Gasteiger partial charge in [-0.3, -0.25) is 15.0 Å². The third-order valence-corrected chi connectivity index (χ3v) is 4.44. The molecular weight excluding hydrogens is 342 g/mol. The van der Waals surface area contributed by atoms with Crippen molar-refractivity contribution in [2.75, 3.05) is 12.8 Å². The highest BCUT2D eigenvalue weighted by atomic mass is 16.5. The van der Waals surface area contributed by atoms with Crippen molar-refractivity contribution in [3.63, 3.8) is 0 Å². The van der Waals surface area contributed by atoms with E-state index in [2.05, 4.69) is 10.2 Å². The zero-order valence-corrected chi connectivity index (χ0v) is 14.8. The number of aromatic nitrogens is 4. The molecule has 7 nitrogen and oxygen atoms in total. The van der Waals surface area contributed by atoms with Crippen LogP contribution in [0.4, 0.5) is 5.82 Å². The Morgan fingerprint density at radius 1 is 1.07 bits per heavy atom. The molecule has 0 unspecified atom stereocenters. The minimum Gasteiger partial charge on any atom is -0.497 e. The lowest BCUT2D eigenvalue weighted by atomic mass is 10.1. The summed E-state index contributed by atoms with van der Waals surface area (Å²) < 4.78 is 7.06. The van der Waals surface area contributed by atoms with Gasteiger partial charge < -0.3 is 10.5 Å². The van der Waals surface area contributed by atoms with Gasteiger partial charge in [0.1, 0.15) is 11.6 Å². The number of benzene rings is 2. The molecule has 0 saturated heterocycles. The third kappa shape index (κ3) is 3.22. The highest BCUT2D eigenvalue weighted by Gasteiger charge is 2.16. The highest BCUT2D eigenvalue weighted by molar-refractivity contribution is 5.61. The molecule has 136 valence electrons. The maximum absolute atomic E-state index is 12.0. The van der Waals surface area contributed by atoms with E-state index in [0.29, 0.717) is 17.8 Å². The first-order valence-electron chi connectivity index (χ1n) is 8.49. The molecule has 0 atom stereocenters. The lowest BCUT2D eigenvalue weighted by Gasteiger charge is -2.06. The van der Waals surface area contributed by atoms with Crippen LogP contribution < -0.4 is 16.0 Å². The minimum absolute atomic E-state index is 0.223. The van der Waals surface area contributed by atoms with E-state index in [9.17, 15) is 4.79 Å². The fourth-order valence-corrected chi connectivity index (χ4v) is 3.00. The molecule has 0 saturated carbocycles. The molecule has 4 rings (SSSR count). The molecule has 0 spiro atoms. The quantitative estimate of drug-likeness (QED) is 0.509. The Labute approximate surface area is 155 Å². The van der Waals surface area contributed by atoms with Crippen molar-refractivity contribution in [3.8, 4) is 22.7 Å². The lowest BCUT2D eigenvalue weighted by Crippen LogP contribution is -2.10. The summed E-state index contributed by atoms with van der Waals surface area (Å²) in [6.07, 6.45) is 0.364. The number of anilines is 1. The number of H-pyrrole nitrogens is 2. The summed E-state index contributed by atoms with van der Waals surface area (Å²) in [5.41, 5.74) is 9.72. The second-order valence-electron chi connectivity index (χ2n) is 6.14. The molecule has 0 aliphatic carbocycles. The predicted octanol–water partition coefficient (Wildman–Crippen LogP) is 2.74. The first-order valence-corrected chi connectivity index (χ1v) is 8.49. The predicted molar refractivity (Wildman–Crippen MR) is 104 cm³/mol.